The lowest BCUT2D eigenvalue weighted by molar-refractivity contribution is 0.285. The average molecular weight is 142 g/mol. The molecule has 5 heteroatoms. The summed E-state index contributed by atoms with van der Waals surface area (Å²) >= 11 is 0. The monoisotopic (exact) mass is 142 g/mol. The van der Waals surface area contributed by atoms with Gasteiger partial charge in [0, 0.05) is 7.05 Å². The lowest BCUT2D eigenvalue weighted by Crippen LogP contribution is -2.25. The Labute approximate surface area is 58.7 Å². The molecule has 1 heterocycles. The Bertz CT molecular complexity index is 207. The number of hydrazine groups is 1. The highest BCUT2D eigenvalue weighted by molar-refractivity contribution is 5.03. The van der Waals surface area contributed by atoms with Crippen molar-refractivity contribution in [3.8, 4) is 0 Å². The first-order chi connectivity index (χ1) is 4.70. The van der Waals surface area contributed by atoms with Crippen molar-refractivity contribution in [1.29, 1.82) is 0 Å². The van der Waals surface area contributed by atoms with Gasteiger partial charge >= 0.3 is 0 Å². The van der Waals surface area contributed by atoms with Crippen LogP contribution in [0.15, 0.2) is 4.63 Å². The van der Waals surface area contributed by atoms with Gasteiger partial charge in [0.15, 0.2) is 0 Å². The van der Waals surface area contributed by atoms with Gasteiger partial charge in [-0.1, -0.05) is 10.3 Å². The van der Waals surface area contributed by atoms with Crippen molar-refractivity contribution in [2.45, 2.75) is 13.5 Å². The summed E-state index contributed by atoms with van der Waals surface area (Å²) in [5, 5.41) is 8.77. The summed E-state index contributed by atoms with van der Waals surface area (Å²) in [5.41, 5.74) is 1.57. The summed E-state index contributed by atoms with van der Waals surface area (Å²) in [6, 6.07) is 0. The molecule has 5 nitrogen and oxygen atoms in total. The molecule has 0 unspecified atom stereocenters. The molecule has 0 bridgehead atoms. The highest BCUT2D eigenvalue weighted by Crippen LogP contribution is 2.00. The van der Waals surface area contributed by atoms with Gasteiger partial charge in [0.05, 0.1) is 6.54 Å². The molecule has 0 fully saturated rings. The minimum atomic E-state index is 0.565. The maximum absolute atomic E-state index is 5.38. The van der Waals surface area contributed by atoms with Crippen LogP contribution < -0.4 is 5.84 Å². The van der Waals surface area contributed by atoms with Crippen LogP contribution in [0.1, 0.15) is 11.4 Å². The van der Waals surface area contributed by atoms with Gasteiger partial charge in [0.25, 0.3) is 0 Å². The molecule has 0 spiro atoms. The van der Waals surface area contributed by atoms with E-state index in [0.29, 0.717) is 6.54 Å². The van der Waals surface area contributed by atoms with Crippen LogP contribution >= 0.6 is 0 Å². The van der Waals surface area contributed by atoms with Crippen LogP contribution in [0, 0.1) is 6.92 Å². The molecule has 0 saturated carbocycles. The van der Waals surface area contributed by atoms with Gasteiger partial charge < -0.3 is 0 Å². The predicted molar refractivity (Wildman–Crippen MR) is 34.7 cm³/mol. The maximum Gasteiger partial charge on any atom is 0.123 e. The zero-order valence-corrected chi connectivity index (χ0v) is 6.03. The van der Waals surface area contributed by atoms with E-state index in [4.69, 9.17) is 5.84 Å². The molecule has 0 amide bonds. The fraction of sp³-hybridized carbons (Fsp3) is 0.600. The summed E-state index contributed by atoms with van der Waals surface area (Å²) in [7, 11) is 1.76. The van der Waals surface area contributed by atoms with E-state index in [1.165, 1.54) is 5.01 Å². The van der Waals surface area contributed by atoms with Gasteiger partial charge in [-0.2, -0.15) is 0 Å². The first kappa shape index (κ1) is 7.17. The second-order valence-electron chi connectivity index (χ2n) is 2.21. The molecular weight excluding hydrogens is 132 g/mol. The van der Waals surface area contributed by atoms with Gasteiger partial charge in [0.1, 0.15) is 11.4 Å². The molecule has 0 saturated heterocycles. The molecule has 0 atom stereocenters. The van der Waals surface area contributed by atoms with Crippen LogP contribution in [0.3, 0.4) is 0 Å². The van der Waals surface area contributed by atoms with Crippen molar-refractivity contribution in [1.82, 2.24) is 15.3 Å². The molecule has 10 heavy (non-hydrogen) atoms. The lowest BCUT2D eigenvalue weighted by Gasteiger charge is -2.04. The maximum atomic E-state index is 5.38. The van der Waals surface area contributed by atoms with Gasteiger partial charge in [-0.3, -0.25) is 5.84 Å². The van der Waals surface area contributed by atoms with Gasteiger partial charge in [-0.05, 0) is 6.92 Å². The average Bonchev–Trinajstić information content (AvgIpc) is 2.15. The molecule has 0 aliphatic carbocycles. The van der Waals surface area contributed by atoms with Crippen molar-refractivity contribution in [3.05, 3.63) is 11.4 Å². The van der Waals surface area contributed by atoms with E-state index in [1.54, 1.807) is 7.05 Å². The van der Waals surface area contributed by atoms with Crippen LogP contribution in [0.5, 0.6) is 0 Å². The number of aromatic nitrogens is 2. The Kier molecular flexibility index (Phi) is 1.98. The van der Waals surface area contributed by atoms with Gasteiger partial charge in [-0.15, -0.1) is 0 Å². The molecule has 0 aliphatic heterocycles. The largest absolute Gasteiger partial charge is 0.269 e. The molecule has 1 aromatic heterocycles. The minimum Gasteiger partial charge on any atom is -0.269 e. The Hall–Kier alpha value is -0.940. The van der Waals surface area contributed by atoms with Crippen LogP contribution in [0.25, 0.3) is 0 Å². The van der Waals surface area contributed by atoms with Crippen LogP contribution in [0.2, 0.25) is 0 Å². The fourth-order valence-corrected chi connectivity index (χ4v) is 0.629. The van der Waals surface area contributed by atoms with E-state index in [0.717, 1.165) is 11.4 Å². The molecule has 0 radical (unpaired) electrons. The number of nitrogens with two attached hydrogens (primary N) is 1. The van der Waals surface area contributed by atoms with Crippen molar-refractivity contribution in [2.75, 3.05) is 7.05 Å². The smallest absolute Gasteiger partial charge is 0.123 e. The zero-order valence-electron chi connectivity index (χ0n) is 6.03. The molecule has 1 rings (SSSR count). The molecule has 0 aromatic carbocycles. The van der Waals surface area contributed by atoms with Gasteiger partial charge in [0.2, 0.25) is 0 Å². The second kappa shape index (κ2) is 2.76. The first-order valence-corrected chi connectivity index (χ1v) is 2.94. The number of aryl methyl sites for hydroxylation is 1. The Morgan fingerprint density at radius 1 is 1.60 bits per heavy atom. The third-order valence-electron chi connectivity index (χ3n) is 1.15. The Balaban J connectivity index is 2.65. The normalized spacial score (nSPS) is 10.8. The highest BCUT2D eigenvalue weighted by atomic mass is 16.6. The third-order valence-corrected chi connectivity index (χ3v) is 1.15. The summed E-state index contributed by atoms with van der Waals surface area (Å²) in [6.45, 7) is 2.39. The molecule has 56 valence electrons. The highest BCUT2D eigenvalue weighted by Gasteiger charge is 2.04. The topological polar surface area (TPSA) is 68.2 Å². The van der Waals surface area contributed by atoms with E-state index in [-0.39, 0.29) is 0 Å². The van der Waals surface area contributed by atoms with Crippen molar-refractivity contribution < 1.29 is 4.63 Å². The van der Waals surface area contributed by atoms with Crippen LogP contribution in [-0.2, 0) is 6.54 Å². The number of rotatable bonds is 2. The van der Waals surface area contributed by atoms with E-state index in [1.807, 2.05) is 6.92 Å². The zero-order chi connectivity index (χ0) is 7.56. The summed E-state index contributed by atoms with van der Waals surface area (Å²) in [5.74, 6) is 5.38. The van der Waals surface area contributed by atoms with Gasteiger partial charge in [-0.25, -0.2) is 9.64 Å². The SMILES string of the molecule is Cc1nonc1CN(C)N. The first-order valence-electron chi connectivity index (χ1n) is 2.94. The fourth-order valence-electron chi connectivity index (χ4n) is 0.629. The lowest BCUT2D eigenvalue weighted by atomic mass is 10.3. The van der Waals surface area contributed by atoms with E-state index < -0.39 is 0 Å². The standard InChI is InChI=1S/C5H10N4O/c1-4-5(3-9(2)6)8-10-7-4/h3,6H2,1-2H3. The van der Waals surface area contributed by atoms with Crippen LogP contribution in [0.4, 0.5) is 0 Å². The van der Waals surface area contributed by atoms with E-state index in [9.17, 15) is 0 Å². The van der Waals surface area contributed by atoms with Crippen molar-refractivity contribution in [2.24, 2.45) is 5.84 Å². The summed E-state index contributed by atoms with van der Waals surface area (Å²) < 4.78 is 4.46. The number of hydrogen-bond acceptors (Lipinski definition) is 5. The summed E-state index contributed by atoms with van der Waals surface area (Å²) in [4.78, 5) is 0. The number of nitrogens with zero attached hydrogens (tertiary/aromatic N) is 3. The minimum absolute atomic E-state index is 0.565. The number of hydrogen-bond donors (Lipinski definition) is 1. The quantitative estimate of drug-likeness (QED) is 0.453. The molecule has 1 aromatic rings. The molecule has 2 N–H and O–H groups in total. The Morgan fingerprint density at radius 2 is 2.30 bits per heavy atom. The second-order valence-corrected chi connectivity index (χ2v) is 2.21. The van der Waals surface area contributed by atoms with Crippen molar-refractivity contribution >= 4 is 0 Å². The molecular formula is C5H10N4O. The third kappa shape index (κ3) is 1.52. The molecule has 0 aliphatic rings. The van der Waals surface area contributed by atoms with E-state index in [2.05, 4.69) is 14.9 Å². The summed E-state index contributed by atoms with van der Waals surface area (Å²) in [6.07, 6.45) is 0. The van der Waals surface area contributed by atoms with Crippen molar-refractivity contribution in [3.63, 3.8) is 0 Å². The van der Waals surface area contributed by atoms with E-state index >= 15 is 0 Å². The predicted octanol–water partition coefficient (Wildman–Crippen LogP) is -0.316. The van der Waals surface area contributed by atoms with Crippen LogP contribution in [-0.4, -0.2) is 22.4 Å². The Morgan fingerprint density at radius 3 is 2.70 bits per heavy atom.